The fourth-order valence-corrected chi connectivity index (χ4v) is 4.39. The number of amides is 1. The van der Waals surface area contributed by atoms with E-state index in [4.69, 9.17) is 4.74 Å². The molecule has 1 unspecified atom stereocenters. The molecule has 4 nitrogen and oxygen atoms in total. The summed E-state index contributed by atoms with van der Waals surface area (Å²) < 4.78 is 6.56. The van der Waals surface area contributed by atoms with E-state index in [0.717, 1.165) is 13.0 Å². The number of nitrogens with one attached hydrogen (secondary N) is 1. The second-order valence-electron chi connectivity index (χ2n) is 6.73. The van der Waals surface area contributed by atoms with Gasteiger partial charge in [0, 0.05) is 31.1 Å². The summed E-state index contributed by atoms with van der Waals surface area (Å²) in [4.78, 5) is 15.0. The van der Waals surface area contributed by atoms with Crippen LogP contribution in [0.4, 0.5) is 4.79 Å². The minimum atomic E-state index is -0.444. The molecule has 22 heavy (non-hydrogen) atoms. The van der Waals surface area contributed by atoms with Gasteiger partial charge in [-0.15, -0.1) is 11.3 Å². The molecule has 2 rings (SSSR count). The van der Waals surface area contributed by atoms with E-state index in [1.165, 1.54) is 27.1 Å². The van der Waals surface area contributed by atoms with Crippen molar-refractivity contribution in [1.82, 2.24) is 10.2 Å². The fraction of sp³-hybridized carbons (Fsp3) is 0.688. The predicted molar refractivity (Wildman–Crippen MR) is 94.6 cm³/mol. The average Bonchev–Trinajstić information content (AvgIpc) is 2.77. The molecule has 0 bridgehead atoms. The third-order valence-corrected chi connectivity index (χ3v) is 5.34. The number of likely N-dealkylation sites (N-methyl/N-ethyl adjacent to an activating group) is 1. The van der Waals surface area contributed by atoms with E-state index in [0.29, 0.717) is 12.6 Å². The summed E-state index contributed by atoms with van der Waals surface area (Å²) in [7, 11) is 1.78. The summed E-state index contributed by atoms with van der Waals surface area (Å²) in [6.07, 6.45) is 3.30. The Balaban J connectivity index is 1.81. The lowest BCUT2D eigenvalue weighted by molar-refractivity contribution is 0.0299. The Morgan fingerprint density at radius 2 is 2.27 bits per heavy atom. The first-order valence-electron chi connectivity index (χ1n) is 7.72. The molecular formula is C16H25BrN2O2S. The first-order valence-corrected chi connectivity index (χ1v) is 9.33. The van der Waals surface area contributed by atoms with Gasteiger partial charge in [-0.3, -0.25) is 0 Å². The number of carbonyl (C=O) groups excluding carboxylic acids is 1. The van der Waals surface area contributed by atoms with E-state index < -0.39 is 5.60 Å². The summed E-state index contributed by atoms with van der Waals surface area (Å²) in [6, 6.07) is 2.63. The zero-order valence-electron chi connectivity index (χ0n) is 13.7. The van der Waals surface area contributed by atoms with Gasteiger partial charge in [-0.2, -0.15) is 0 Å². The lowest BCUT2D eigenvalue weighted by Crippen LogP contribution is -2.39. The number of nitrogens with zero attached hydrogens (tertiary/aromatic N) is 1. The molecule has 1 atom stereocenters. The number of hydrogen-bond acceptors (Lipinski definition) is 4. The number of thiophene rings is 1. The zero-order valence-corrected chi connectivity index (χ0v) is 16.1. The molecule has 0 spiro atoms. The van der Waals surface area contributed by atoms with Crippen LogP contribution in [0.3, 0.4) is 0 Å². The van der Waals surface area contributed by atoms with Crippen LogP contribution in [-0.2, 0) is 11.2 Å². The van der Waals surface area contributed by atoms with Gasteiger partial charge in [-0.25, -0.2) is 4.79 Å². The highest BCUT2D eigenvalue weighted by Gasteiger charge is 2.23. The molecule has 0 saturated heterocycles. The third-order valence-electron chi connectivity index (χ3n) is 3.63. The molecule has 0 aromatic carbocycles. The average molecular weight is 389 g/mol. The molecular weight excluding hydrogens is 364 g/mol. The van der Waals surface area contributed by atoms with Gasteiger partial charge < -0.3 is 15.0 Å². The standard InChI is InChI=1S/C16H25BrN2O2S/c1-16(2,3)21-15(20)19(4)9-8-18-12-6-5-7-13-11(12)10-14(17)22-13/h10,12,18H,5-9H2,1-4H3. The van der Waals surface area contributed by atoms with E-state index in [-0.39, 0.29) is 6.09 Å². The quantitative estimate of drug-likeness (QED) is 0.833. The van der Waals surface area contributed by atoms with Gasteiger partial charge in [-0.05, 0) is 67.6 Å². The number of halogens is 1. The third kappa shape index (κ3) is 4.96. The summed E-state index contributed by atoms with van der Waals surface area (Å²) in [5.74, 6) is 0. The van der Waals surface area contributed by atoms with Crippen LogP contribution in [0.25, 0.3) is 0 Å². The number of rotatable bonds is 4. The lowest BCUT2D eigenvalue weighted by atomic mass is 9.94. The molecule has 1 aliphatic carbocycles. The summed E-state index contributed by atoms with van der Waals surface area (Å²) in [5.41, 5.74) is 0.975. The molecule has 124 valence electrons. The first kappa shape index (κ1) is 17.8. The molecule has 1 aromatic rings. The molecule has 0 saturated carbocycles. The number of carbonyl (C=O) groups is 1. The minimum Gasteiger partial charge on any atom is -0.444 e. The van der Waals surface area contributed by atoms with Crippen molar-refractivity contribution in [2.24, 2.45) is 0 Å². The number of hydrogen-bond donors (Lipinski definition) is 1. The zero-order chi connectivity index (χ0) is 16.3. The van der Waals surface area contributed by atoms with Crippen LogP contribution in [0, 0.1) is 0 Å². The largest absolute Gasteiger partial charge is 0.444 e. The summed E-state index contributed by atoms with van der Waals surface area (Å²) in [6.45, 7) is 7.07. The molecule has 6 heteroatoms. The van der Waals surface area contributed by atoms with E-state index in [9.17, 15) is 4.79 Å². The van der Waals surface area contributed by atoms with E-state index in [2.05, 4.69) is 27.3 Å². The minimum absolute atomic E-state index is 0.267. The Kier molecular flexibility index (Phi) is 5.91. The molecule has 0 fully saturated rings. The second-order valence-corrected chi connectivity index (χ2v) is 9.25. The van der Waals surface area contributed by atoms with Gasteiger partial charge in [0.25, 0.3) is 0 Å². The van der Waals surface area contributed by atoms with Crippen molar-refractivity contribution in [3.05, 3.63) is 20.3 Å². The van der Waals surface area contributed by atoms with Crippen molar-refractivity contribution < 1.29 is 9.53 Å². The fourth-order valence-electron chi connectivity index (χ4n) is 2.57. The van der Waals surface area contributed by atoms with Crippen LogP contribution in [0.15, 0.2) is 9.85 Å². The molecule has 1 amide bonds. The summed E-state index contributed by atoms with van der Waals surface area (Å²) in [5, 5.41) is 3.58. The van der Waals surface area contributed by atoms with Gasteiger partial charge in [0.15, 0.2) is 0 Å². The van der Waals surface area contributed by atoms with E-state index >= 15 is 0 Å². The maximum atomic E-state index is 11.9. The van der Waals surface area contributed by atoms with Crippen LogP contribution in [-0.4, -0.2) is 36.7 Å². The van der Waals surface area contributed by atoms with Gasteiger partial charge in [0.2, 0.25) is 0 Å². The second kappa shape index (κ2) is 7.32. The predicted octanol–water partition coefficient (Wildman–Crippen LogP) is 4.34. The van der Waals surface area contributed by atoms with Crippen molar-refractivity contribution in [2.75, 3.05) is 20.1 Å². The van der Waals surface area contributed by atoms with Crippen molar-refractivity contribution >= 4 is 33.4 Å². The smallest absolute Gasteiger partial charge is 0.410 e. The van der Waals surface area contributed by atoms with Gasteiger partial charge in [0.05, 0.1) is 3.79 Å². The molecule has 1 N–H and O–H groups in total. The maximum absolute atomic E-state index is 11.9. The Bertz CT molecular complexity index is 525. The Morgan fingerprint density at radius 3 is 2.95 bits per heavy atom. The number of fused-ring (bicyclic) bond motifs is 1. The van der Waals surface area contributed by atoms with Gasteiger partial charge >= 0.3 is 6.09 Å². The van der Waals surface area contributed by atoms with Crippen molar-refractivity contribution in [1.29, 1.82) is 0 Å². The van der Waals surface area contributed by atoms with Crippen LogP contribution in [0.2, 0.25) is 0 Å². The number of aryl methyl sites for hydroxylation is 1. The summed E-state index contributed by atoms with van der Waals surface area (Å²) >= 11 is 5.42. The first-order chi connectivity index (χ1) is 10.3. The Morgan fingerprint density at radius 1 is 1.55 bits per heavy atom. The molecule has 1 aliphatic rings. The topological polar surface area (TPSA) is 41.6 Å². The van der Waals surface area contributed by atoms with Crippen molar-refractivity contribution in [2.45, 2.75) is 51.7 Å². The highest BCUT2D eigenvalue weighted by atomic mass is 79.9. The molecule has 1 heterocycles. The van der Waals surface area contributed by atoms with Crippen molar-refractivity contribution in [3.8, 4) is 0 Å². The molecule has 0 aliphatic heterocycles. The maximum Gasteiger partial charge on any atom is 0.410 e. The monoisotopic (exact) mass is 388 g/mol. The van der Waals surface area contributed by atoms with Crippen LogP contribution in [0.5, 0.6) is 0 Å². The number of ether oxygens (including phenoxy) is 1. The van der Waals surface area contributed by atoms with Crippen LogP contribution in [0.1, 0.15) is 50.1 Å². The SMILES string of the molecule is CN(CCNC1CCCc2sc(Br)cc21)C(=O)OC(C)(C)C. The Hall–Kier alpha value is -0.590. The highest BCUT2D eigenvalue weighted by molar-refractivity contribution is 9.11. The highest BCUT2D eigenvalue weighted by Crippen LogP contribution is 2.37. The van der Waals surface area contributed by atoms with E-state index in [1.54, 1.807) is 11.9 Å². The van der Waals surface area contributed by atoms with E-state index in [1.807, 2.05) is 32.1 Å². The normalized spacial score (nSPS) is 18.0. The molecule has 0 radical (unpaired) electrons. The van der Waals surface area contributed by atoms with Crippen LogP contribution >= 0.6 is 27.3 Å². The van der Waals surface area contributed by atoms with Crippen LogP contribution < -0.4 is 5.32 Å². The lowest BCUT2D eigenvalue weighted by Gasteiger charge is -2.27. The Labute approximate surface area is 145 Å². The van der Waals surface area contributed by atoms with Gasteiger partial charge in [0.1, 0.15) is 5.60 Å². The van der Waals surface area contributed by atoms with Gasteiger partial charge in [-0.1, -0.05) is 0 Å². The molecule has 1 aromatic heterocycles. The van der Waals surface area contributed by atoms with Crippen molar-refractivity contribution in [3.63, 3.8) is 0 Å².